The number of hydrogen-bond donors (Lipinski definition) is 1. The van der Waals surface area contributed by atoms with Gasteiger partial charge in [0.15, 0.2) is 0 Å². The molecule has 1 nitrogen and oxygen atoms in total. The van der Waals surface area contributed by atoms with Crippen LogP contribution in [-0.4, -0.2) is 13.8 Å². The summed E-state index contributed by atoms with van der Waals surface area (Å²) in [6.07, 6.45) is 2.53. The first-order valence-electron chi connectivity index (χ1n) is 11.3. The van der Waals surface area contributed by atoms with Gasteiger partial charge in [0, 0.05) is 11.1 Å². The van der Waals surface area contributed by atoms with Crippen molar-refractivity contribution in [1.82, 2.24) is 4.98 Å². The second-order valence-electron chi connectivity index (χ2n) is 12.4. The van der Waals surface area contributed by atoms with Gasteiger partial charge in [0.05, 0.1) is 0 Å². The molecular formula is C27H39NSi. The van der Waals surface area contributed by atoms with Gasteiger partial charge in [-0.2, -0.15) is 0 Å². The molecule has 0 spiro atoms. The molecule has 2 heteroatoms. The highest BCUT2D eigenvalue weighted by Crippen LogP contribution is 2.54. The largest absolute Gasteiger partial charge is 0.332 e. The van der Waals surface area contributed by atoms with Crippen LogP contribution in [0.4, 0.5) is 0 Å². The second kappa shape index (κ2) is 6.31. The Labute approximate surface area is 179 Å². The van der Waals surface area contributed by atoms with Gasteiger partial charge in [0.2, 0.25) is 0 Å². The van der Waals surface area contributed by atoms with Crippen LogP contribution in [0, 0.1) is 0 Å². The fraction of sp³-hybridized carbons (Fsp3) is 0.556. The van der Waals surface area contributed by atoms with Crippen LogP contribution >= 0.6 is 0 Å². The zero-order chi connectivity index (χ0) is 21.4. The Bertz CT molecular complexity index is 959. The highest BCUT2D eigenvalue weighted by atomic mass is 28.3. The lowest BCUT2D eigenvalue weighted by atomic mass is 9.62. The molecule has 0 aliphatic heterocycles. The second-order valence-corrected chi connectivity index (χ2v) is 16.6. The van der Waals surface area contributed by atoms with E-state index in [1.807, 2.05) is 0 Å². The van der Waals surface area contributed by atoms with E-state index in [2.05, 4.69) is 103 Å². The van der Waals surface area contributed by atoms with Crippen molar-refractivity contribution in [3.8, 4) is 11.1 Å². The van der Waals surface area contributed by atoms with Crippen LogP contribution in [-0.2, 0) is 10.8 Å². The summed E-state index contributed by atoms with van der Waals surface area (Å²) in [5, 5.41) is 0. The molecule has 2 aliphatic carbocycles. The number of rotatable bonds is 2. The standard InChI is InChI=1S/C27H39NSi/c1-25(2,3)28-29(8,9)24-19-13-11-10-12-18(19)20-16-22-23(17-21(20)24)27(6,7)15-14-26(22,4)5/h10-13,16-17,24,28H,14-15H2,1-9H3. The molecule has 0 radical (unpaired) electrons. The first kappa shape index (κ1) is 20.9. The SMILES string of the molecule is CC(C)(C)N[Si](C)(C)C1c2ccccc2-c2cc3c(cc21)C(C)(C)CCC3(C)C. The molecule has 1 N–H and O–H groups in total. The third kappa shape index (κ3) is 3.43. The number of fused-ring (bicyclic) bond motifs is 4. The molecule has 0 fully saturated rings. The van der Waals surface area contributed by atoms with Gasteiger partial charge in [0.25, 0.3) is 0 Å². The van der Waals surface area contributed by atoms with E-state index >= 15 is 0 Å². The fourth-order valence-electron chi connectivity index (χ4n) is 6.08. The molecule has 0 saturated heterocycles. The van der Waals surface area contributed by atoms with Crippen LogP contribution in [0.5, 0.6) is 0 Å². The summed E-state index contributed by atoms with van der Waals surface area (Å²) in [5.74, 6) is 0. The molecule has 2 aromatic rings. The van der Waals surface area contributed by atoms with Crippen LogP contribution < -0.4 is 4.98 Å². The van der Waals surface area contributed by atoms with Crippen LogP contribution in [0.25, 0.3) is 11.1 Å². The zero-order valence-corrected chi connectivity index (χ0v) is 21.0. The Morgan fingerprint density at radius 1 is 0.828 bits per heavy atom. The lowest BCUT2D eigenvalue weighted by Crippen LogP contribution is -2.58. The van der Waals surface area contributed by atoms with Crippen LogP contribution in [0.15, 0.2) is 36.4 Å². The maximum Gasteiger partial charge on any atom is 0.131 e. The monoisotopic (exact) mass is 405 g/mol. The maximum absolute atomic E-state index is 4.08. The van der Waals surface area contributed by atoms with Gasteiger partial charge in [0.1, 0.15) is 8.24 Å². The van der Waals surface area contributed by atoms with Crippen molar-refractivity contribution in [2.75, 3.05) is 0 Å². The maximum atomic E-state index is 4.08. The van der Waals surface area contributed by atoms with Gasteiger partial charge < -0.3 is 4.98 Å². The summed E-state index contributed by atoms with van der Waals surface area (Å²) in [4.78, 5) is 4.08. The molecule has 1 atom stereocenters. The Hall–Kier alpha value is -1.38. The van der Waals surface area contributed by atoms with E-state index in [0.29, 0.717) is 5.54 Å². The van der Waals surface area contributed by atoms with E-state index in [1.54, 1.807) is 16.7 Å². The molecule has 0 bridgehead atoms. The summed E-state index contributed by atoms with van der Waals surface area (Å²) in [6.45, 7) is 21.7. The molecule has 29 heavy (non-hydrogen) atoms. The summed E-state index contributed by atoms with van der Waals surface area (Å²) in [7, 11) is -1.79. The predicted molar refractivity (Wildman–Crippen MR) is 129 cm³/mol. The van der Waals surface area contributed by atoms with E-state index in [9.17, 15) is 0 Å². The predicted octanol–water partition coefficient (Wildman–Crippen LogP) is 7.28. The quantitative estimate of drug-likeness (QED) is 0.518. The average molecular weight is 406 g/mol. The van der Waals surface area contributed by atoms with Crippen LogP contribution in [0.1, 0.15) is 89.1 Å². The molecule has 156 valence electrons. The van der Waals surface area contributed by atoms with Gasteiger partial charge >= 0.3 is 0 Å². The highest BCUT2D eigenvalue weighted by Gasteiger charge is 2.45. The van der Waals surface area contributed by atoms with Crippen LogP contribution in [0.3, 0.4) is 0 Å². The Balaban J connectivity index is 1.98. The van der Waals surface area contributed by atoms with Gasteiger partial charge in [-0.05, 0) is 77.8 Å². The summed E-state index contributed by atoms with van der Waals surface area (Å²) < 4.78 is 0. The van der Waals surface area contributed by atoms with E-state index < -0.39 is 8.24 Å². The van der Waals surface area contributed by atoms with Gasteiger partial charge in [-0.25, -0.2) is 0 Å². The normalized spacial score (nSPS) is 22.0. The minimum Gasteiger partial charge on any atom is -0.332 e. The van der Waals surface area contributed by atoms with E-state index in [-0.39, 0.29) is 16.4 Å². The van der Waals surface area contributed by atoms with Gasteiger partial charge in [-0.3, -0.25) is 0 Å². The summed E-state index contributed by atoms with van der Waals surface area (Å²) in [6, 6.07) is 14.4. The Kier molecular flexibility index (Phi) is 4.54. The number of nitrogens with one attached hydrogen (secondary N) is 1. The molecule has 2 aliphatic rings. The Morgan fingerprint density at radius 3 is 1.97 bits per heavy atom. The first-order chi connectivity index (χ1) is 13.2. The third-order valence-corrected chi connectivity index (χ3v) is 10.8. The fourth-order valence-corrected chi connectivity index (χ4v) is 10.2. The molecule has 1 unspecified atom stereocenters. The van der Waals surface area contributed by atoms with Crippen molar-refractivity contribution in [3.63, 3.8) is 0 Å². The van der Waals surface area contributed by atoms with Crippen molar-refractivity contribution in [2.24, 2.45) is 0 Å². The smallest absolute Gasteiger partial charge is 0.131 e. The van der Waals surface area contributed by atoms with Crippen molar-refractivity contribution in [1.29, 1.82) is 0 Å². The zero-order valence-electron chi connectivity index (χ0n) is 20.0. The third-order valence-electron chi connectivity index (χ3n) is 7.31. The molecule has 2 aromatic carbocycles. The molecule has 4 rings (SSSR count). The van der Waals surface area contributed by atoms with Gasteiger partial charge in [-0.15, -0.1) is 0 Å². The van der Waals surface area contributed by atoms with Gasteiger partial charge in [-0.1, -0.05) is 77.2 Å². The minimum atomic E-state index is -1.79. The first-order valence-corrected chi connectivity index (χ1v) is 14.4. The van der Waals surface area contributed by atoms with Crippen LogP contribution in [0.2, 0.25) is 13.1 Å². The van der Waals surface area contributed by atoms with Crippen molar-refractivity contribution >= 4 is 8.24 Å². The highest BCUT2D eigenvalue weighted by molar-refractivity contribution is 6.77. The van der Waals surface area contributed by atoms with E-state index in [0.717, 1.165) is 0 Å². The summed E-state index contributed by atoms with van der Waals surface area (Å²) in [5.41, 5.74) is 10.4. The van der Waals surface area contributed by atoms with E-state index in [4.69, 9.17) is 0 Å². The lowest BCUT2D eigenvalue weighted by molar-refractivity contribution is 0.332. The molecule has 0 aromatic heterocycles. The van der Waals surface area contributed by atoms with Crippen molar-refractivity contribution in [2.45, 2.75) is 96.3 Å². The van der Waals surface area contributed by atoms with Crippen molar-refractivity contribution in [3.05, 3.63) is 58.7 Å². The minimum absolute atomic E-state index is 0.128. The molecule has 0 amide bonds. The molecule has 0 heterocycles. The lowest BCUT2D eigenvalue weighted by Gasteiger charge is -2.43. The average Bonchev–Trinajstić information content (AvgIpc) is 2.90. The Morgan fingerprint density at radius 2 is 1.38 bits per heavy atom. The van der Waals surface area contributed by atoms with E-state index in [1.165, 1.54) is 29.5 Å². The summed E-state index contributed by atoms with van der Waals surface area (Å²) >= 11 is 0. The molecule has 0 saturated carbocycles. The number of benzene rings is 2. The molecular weight excluding hydrogens is 366 g/mol. The topological polar surface area (TPSA) is 12.0 Å². The number of hydrogen-bond acceptors (Lipinski definition) is 1. The van der Waals surface area contributed by atoms with Crippen molar-refractivity contribution < 1.29 is 0 Å².